The molecule has 0 aliphatic carbocycles. The van der Waals surface area contributed by atoms with Crippen molar-refractivity contribution in [2.45, 2.75) is 19.8 Å². The van der Waals surface area contributed by atoms with Gasteiger partial charge in [0.2, 0.25) is 0 Å². The minimum Gasteiger partial charge on any atom is -0.478 e. The summed E-state index contributed by atoms with van der Waals surface area (Å²) >= 11 is 2.22. The molecule has 0 unspecified atom stereocenters. The van der Waals surface area contributed by atoms with Crippen molar-refractivity contribution in [3.63, 3.8) is 0 Å². The molecule has 1 rings (SSSR count). The molecule has 0 bridgehead atoms. The zero-order valence-electron chi connectivity index (χ0n) is 7.54. The van der Waals surface area contributed by atoms with Gasteiger partial charge in [-0.05, 0) is 52.3 Å². The largest absolute Gasteiger partial charge is 0.478 e. The first kappa shape index (κ1) is 10.5. The number of carboxylic acids is 1. The van der Waals surface area contributed by atoms with E-state index in [0.29, 0.717) is 11.5 Å². The summed E-state index contributed by atoms with van der Waals surface area (Å²) in [5.41, 5.74) is 1.46. The maximum Gasteiger partial charge on any atom is 0.335 e. The molecular weight excluding hydrogens is 279 g/mol. The second-order valence-electron chi connectivity index (χ2n) is 3.20. The van der Waals surface area contributed by atoms with Gasteiger partial charge in [-0.25, -0.2) is 4.79 Å². The van der Waals surface area contributed by atoms with Crippen LogP contribution in [-0.2, 0) is 0 Å². The fourth-order valence-electron chi connectivity index (χ4n) is 1.12. The van der Waals surface area contributed by atoms with Crippen LogP contribution in [0, 0.1) is 3.57 Å². The standard InChI is InChI=1S/C10H11IO2/c1-6(2)8-5-7(10(12)13)3-4-9(8)11/h3-6H,1-2H3,(H,12,13). The number of hydrogen-bond acceptors (Lipinski definition) is 1. The first-order chi connectivity index (χ1) is 6.02. The fourth-order valence-corrected chi connectivity index (χ4v) is 2.08. The average molecular weight is 290 g/mol. The Balaban J connectivity index is 3.19. The molecule has 70 valence electrons. The van der Waals surface area contributed by atoms with Gasteiger partial charge in [0.15, 0.2) is 0 Å². The Labute approximate surface area is 91.1 Å². The molecule has 3 heteroatoms. The molecule has 0 fully saturated rings. The molecule has 1 aromatic carbocycles. The third-order valence-electron chi connectivity index (χ3n) is 1.86. The number of carbonyl (C=O) groups is 1. The van der Waals surface area contributed by atoms with Gasteiger partial charge in [-0.2, -0.15) is 0 Å². The van der Waals surface area contributed by atoms with Crippen molar-refractivity contribution in [3.05, 3.63) is 32.9 Å². The molecule has 13 heavy (non-hydrogen) atoms. The normalized spacial score (nSPS) is 10.5. The molecule has 0 saturated heterocycles. The van der Waals surface area contributed by atoms with Crippen molar-refractivity contribution in [2.75, 3.05) is 0 Å². The predicted molar refractivity (Wildman–Crippen MR) is 60.2 cm³/mol. The topological polar surface area (TPSA) is 37.3 Å². The highest BCUT2D eigenvalue weighted by molar-refractivity contribution is 14.1. The monoisotopic (exact) mass is 290 g/mol. The van der Waals surface area contributed by atoms with E-state index in [0.717, 1.165) is 9.13 Å². The smallest absolute Gasteiger partial charge is 0.335 e. The van der Waals surface area contributed by atoms with Crippen molar-refractivity contribution in [2.24, 2.45) is 0 Å². The molecule has 0 spiro atoms. The van der Waals surface area contributed by atoms with Crippen LogP contribution in [0.1, 0.15) is 35.7 Å². The molecule has 0 amide bonds. The molecule has 1 aromatic rings. The van der Waals surface area contributed by atoms with Crippen LogP contribution in [0.15, 0.2) is 18.2 Å². The Morgan fingerprint density at radius 1 is 1.46 bits per heavy atom. The highest BCUT2D eigenvalue weighted by Crippen LogP contribution is 2.22. The van der Waals surface area contributed by atoms with E-state index in [1.54, 1.807) is 12.1 Å². The SMILES string of the molecule is CC(C)c1cc(C(=O)O)ccc1I. The van der Waals surface area contributed by atoms with E-state index >= 15 is 0 Å². The summed E-state index contributed by atoms with van der Waals surface area (Å²) in [4.78, 5) is 10.7. The molecule has 0 aliphatic heterocycles. The maximum atomic E-state index is 10.7. The highest BCUT2D eigenvalue weighted by Gasteiger charge is 2.08. The maximum absolute atomic E-state index is 10.7. The average Bonchev–Trinajstić information content (AvgIpc) is 2.04. The van der Waals surface area contributed by atoms with Crippen LogP contribution in [0.5, 0.6) is 0 Å². The zero-order valence-corrected chi connectivity index (χ0v) is 9.70. The molecule has 0 heterocycles. The lowest BCUT2D eigenvalue weighted by molar-refractivity contribution is 0.0696. The van der Waals surface area contributed by atoms with E-state index in [4.69, 9.17) is 5.11 Å². The number of hydrogen-bond donors (Lipinski definition) is 1. The first-order valence-corrected chi connectivity index (χ1v) is 5.13. The van der Waals surface area contributed by atoms with Gasteiger partial charge in [0.05, 0.1) is 5.56 Å². The minimum atomic E-state index is -0.863. The van der Waals surface area contributed by atoms with Crippen molar-refractivity contribution < 1.29 is 9.90 Å². The lowest BCUT2D eigenvalue weighted by Crippen LogP contribution is -2.00. The Morgan fingerprint density at radius 3 is 2.54 bits per heavy atom. The van der Waals surface area contributed by atoms with E-state index in [-0.39, 0.29) is 0 Å². The van der Waals surface area contributed by atoms with Gasteiger partial charge < -0.3 is 5.11 Å². The van der Waals surface area contributed by atoms with Crippen LogP contribution in [0.4, 0.5) is 0 Å². The van der Waals surface area contributed by atoms with Gasteiger partial charge in [-0.1, -0.05) is 13.8 Å². The minimum absolute atomic E-state index is 0.365. The Hall–Kier alpha value is -0.580. The first-order valence-electron chi connectivity index (χ1n) is 4.05. The van der Waals surface area contributed by atoms with Crippen molar-refractivity contribution >= 4 is 28.6 Å². The van der Waals surface area contributed by atoms with Gasteiger partial charge >= 0.3 is 5.97 Å². The Bertz CT molecular complexity index is 332. The summed E-state index contributed by atoms with van der Waals surface area (Å²) in [5.74, 6) is -0.496. The van der Waals surface area contributed by atoms with Gasteiger partial charge in [0.25, 0.3) is 0 Å². The highest BCUT2D eigenvalue weighted by atomic mass is 127. The fraction of sp³-hybridized carbons (Fsp3) is 0.300. The summed E-state index contributed by atoms with van der Waals surface area (Å²) in [6.07, 6.45) is 0. The third kappa shape index (κ3) is 2.43. The lowest BCUT2D eigenvalue weighted by Gasteiger charge is -2.08. The predicted octanol–water partition coefficient (Wildman–Crippen LogP) is 3.11. The lowest BCUT2D eigenvalue weighted by atomic mass is 10.0. The van der Waals surface area contributed by atoms with E-state index < -0.39 is 5.97 Å². The second kappa shape index (κ2) is 4.09. The summed E-state index contributed by atoms with van der Waals surface area (Å²) in [7, 11) is 0. The van der Waals surface area contributed by atoms with Gasteiger partial charge in [-0.3, -0.25) is 0 Å². The Kier molecular flexibility index (Phi) is 3.30. The molecule has 0 aromatic heterocycles. The van der Waals surface area contributed by atoms with Gasteiger partial charge in [-0.15, -0.1) is 0 Å². The van der Waals surface area contributed by atoms with E-state index in [1.807, 2.05) is 6.07 Å². The number of aromatic carboxylic acids is 1. The molecular formula is C10H11IO2. The van der Waals surface area contributed by atoms with Crippen molar-refractivity contribution in [1.29, 1.82) is 0 Å². The molecule has 0 aliphatic rings. The van der Waals surface area contributed by atoms with E-state index in [1.165, 1.54) is 0 Å². The summed E-state index contributed by atoms with van der Waals surface area (Å²) in [6.45, 7) is 4.12. The molecule has 0 atom stereocenters. The summed E-state index contributed by atoms with van der Waals surface area (Å²) < 4.78 is 1.12. The quantitative estimate of drug-likeness (QED) is 0.850. The van der Waals surface area contributed by atoms with Crippen LogP contribution >= 0.6 is 22.6 Å². The summed E-state index contributed by atoms with van der Waals surface area (Å²) in [6, 6.07) is 5.23. The third-order valence-corrected chi connectivity index (χ3v) is 2.85. The number of halogens is 1. The number of carboxylic acid groups (broad SMARTS) is 1. The second-order valence-corrected chi connectivity index (χ2v) is 4.36. The summed E-state index contributed by atoms with van der Waals surface area (Å²) in [5, 5.41) is 8.78. The van der Waals surface area contributed by atoms with Crippen LogP contribution in [0.25, 0.3) is 0 Å². The number of benzene rings is 1. The molecule has 0 saturated carbocycles. The molecule has 1 N–H and O–H groups in total. The number of rotatable bonds is 2. The van der Waals surface area contributed by atoms with Crippen LogP contribution in [0.3, 0.4) is 0 Å². The van der Waals surface area contributed by atoms with Gasteiger partial charge in [0, 0.05) is 3.57 Å². The van der Waals surface area contributed by atoms with Crippen molar-refractivity contribution in [3.8, 4) is 0 Å². The van der Waals surface area contributed by atoms with Crippen LogP contribution < -0.4 is 0 Å². The van der Waals surface area contributed by atoms with Crippen LogP contribution in [-0.4, -0.2) is 11.1 Å². The zero-order chi connectivity index (χ0) is 10.0. The molecule has 0 radical (unpaired) electrons. The van der Waals surface area contributed by atoms with E-state index in [2.05, 4.69) is 36.4 Å². The molecule has 2 nitrogen and oxygen atoms in total. The van der Waals surface area contributed by atoms with Gasteiger partial charge in [0.1, 0.15) is 0 Å². The Morgan fingerprint density at radius 2 is 2.08 bits per heavy atom. The van der Waals surface area contributed by atoms with E-state index in [9.17, 15) is 4.79 Å². The van der Waals surface area contributed by atoms with Crippen molar-refractivity contribution in [1.82, 2.24) is 0 Å². The van der Waals surface area contributed by atoms with Crippen LogP contribution in [0.2, 0.25) is 0 Å².